The molecule has 1 N–H and O–H groups in total. The number of hydrogen-bond donors (Lipinski definition) is 1. The van der Waals surface area contributed by atoms with Gasteiger partial charge in [-0.1, -0.05) is 0 Å². The normalized spacial score (nSPS) is 19.1. The molecule has 0 aromatic carbocycles. The smallest absolute Gasteiger partial charge is 0.330 e. The molecule has 1 unspecified atom stereocenters. The van der Waals surface area contributed by atoms with Gasteiger partial charge >= 0.3 is 5.97 Å². The summed E-state index contributed by atoms with van der Waals surface area (Å²) < 4.78 is 0. The molecule has 0 spiro atoms. The minimum absolute atomic E-state index is 0.0337. The maximum absolute atomic E-state index is 11.8. The Morgan fingerprint density at radius 1 is 1.29 bits per heavy atom. The summed E-state index contributed by atoms with van der Waals surface area (Å²) in [6.07, 6.45) is 4.21. The number of hydroxylamine groups is 2. The van der Waals surface area contributed by atoms with Crippen LogP contribution in [0.4, 0.5) is 0 Å². The van der Waals surface area contributed by atoms with Crippen molar-refractivity contribution in [2.45, 2.75) is 66.3 Å². The Bertz CT molecular complexity index is 355. The molecule has 1 atom stereocenters. The molecule has 21 heavy (non-hydrogen) atoms. The number of amides is 1. The molecule has 1 aliphatic heterocycles. The second-order valence-corrected chi connectivity index (χ2v) is 7.18. The molecule has 0 aromatic rings. The van der Waals surface area contributed by atoms with E-state index >= 15 is 0 Å². The first-order valence-corrected chi connectivity index (χ1v) is 7.93. The molecule has 1 saturated heterocycles. The van der Waals surface area contributed by atoms with Crippen molar-refractivity contribution in [2.24, 2.45) is 11.3 Å². The number of piperidine rings is 1. The van der Waals surface area contributed by atoms with E-state index in [1.54, 1.807) is 12.0 Å². The Hall–Kier alpha value is -1.10. The lowest BCUT2D eigenvalue weighted by Crippen LogP contribution is -2.39. The van der Waals surface area contributed by atoms with E-state index in [1.165, 1.54) is 0 Å². The van der Waals surface area contributed by atoms with Crippen LogP contribution in [0, 0.1) is 11.3 Å². The summed E-state index contributed by atoms with van der Waals surface area (Å²) in [5.41, 5.74) is -0.454. The molecule has 5 heteroatoms. The highest BCUT2D eigenvalue weighted by molar-refractivity contribution is 5.75. The van der Waals surface area contributed by atoms with Gasteiger partial charge in [0.25, 0.3) is 0 Å². The number of carbonyl (C=O) groups is 2. The van der Waals surface area contributed by atoms with Crippen LogP contribution < -0.4 is 5.32 Å². The van der Waals surface area contributed by atoms with Crippen LogP contribution >= 0.6 is 0 Å². The molecule has 1 fully saturated rings. The van der Waals surface area contributed by atoms with Gasteiger partial charge < -0.3 is 10.2 Å². The number of nitrogens with zero attached hydrogens (tertiary/aromatic N) is 1. The third-order valence-electron chi connectivity index (χ3n) is 3.86. The first-order valence-electron chi connectivity index (χ1n) is 7.93. The van der Waals surface area contributed by atoms with Gasteiger partial charge in [0, 0.05) is 26.1 Å². The van der Waals surface area contributed by atoms with E-state index in [4.69, 9.17) is 4.84 Å². The zero-order valence-electron chi connectivity index (χ0n) is 14.1. The number of nitrogens with one attached hydrogen (secondary N) is 1. The van der Waals surface area contributed by atoms with Crippen molar-refractivity contribution in [3.05, 3.63) is 0 Å². The average Bonchev–Trinajstić information content (AvgIpc) is 2.36. The lowest BCUT2D eigenvalue weighted by Gasteiger charge is -2.32. The molecular weight excluding hydrogens is 268 g/mol. The SMILES string of the molecule is CC(=O)NC(C)CCC1CCN(OC(=O)C(C)(C)C)CC1. The molecule has 1 aliphatic rings. The molecule has 0 radical (unpaired) electrons. The van der Waals surface area contributed by atoms with Gasteiger partial charge in [0.1, 0.15) is 0 Å². The Morgan fingerprint density at radius 2 is 1.86 bits per heavy atom. The Kier molecular flexibility index (Phi) is 6.65. The standard InChI is InChI=1S/C16H30N2O3/c1-12(17-13(2)19)6-7-14-8-10-18(11-9-14)21-15(20)16(3,4)5/h12,14H,6-11H2,1-5H3,(H,17,19). The summed E-state index contributed by atoms with van der Waals surface area (Å²) >= 11 is 0. The highest BCUT2D eigenvalue weighted by Crippen LogP contribution is 2.24. The van der Waals surface area contributed by atoms with Gasteiger partial charge in [-0.3, -0.25) is 4.79 Å². The van der Waals surface area contributed by atoms with Gasteiger partial charge in [-0.05, 0) is 59.3 Å². The van der Waals surface area contributed by atoms with E-state index in [0.717, 1.165) is 38.8 Å². The number of rotatable bonds is 5. The molecule has 0 saturated carbocycles. The Morgan fingerprint density at radius 3 is 2.33 bits per heavy atom. The van der Waals surface area contributed by atoms with E-state index in [0.29, 0.717) is 5.92 Å². The first-order chi connectivity index (χ1) is 9.68. The summed E-state index contributed by atoms with van der Waals surface area (Å²) in [6.45, 7) is 10.8. The summed E-state index contributed by atoms with van der Waals surface area (Å²) in [6, 6.07) is 0.235. The number of carbonyl (C=O) groups excluding carboxylic acids is 2. The minimum atomic E-state index is -0.454. The molecule has 1 heterocycles. The lowest BCUT2D eigenvalue weighted by molar-refractivity contribution is -0.206. The molecule has 1 rings (SSSR count). The summed E-state index contributed by atoms with van der Waals surface area (Å²) in [5, 5.41) is 4.71. The molecule has 122 valence electrons. The fourth-order valence-electron chi connectivity index (χ4n) is 2.45. The van der Waals surface area contributed by atoms with E-state index in [2.05, 4.69) is 5.32 Å². The molecule has 0 aliphatic carbocycles. The van der Waals surface area contributed by atoms with Crippen LogP contribution in [0.1, 0.15) is 60.3 Å². The predicted octanol–water partition coefficient (Wildman–Crippen LogP) is 2.51. The zero-order chi connectivity index (χ0) is 16.0. The van der Waals surface area contributed by atoms with Gasteiger partial charge in [-0.25, -0.2) is 4.79 Å². The predicted molar refractivity (Wildman–Crippen MR) is 82.4 cm³/mol. The van der Waals surface area contributed by atoms with E-state index in [1.807, 2.05) is 27.7 Å². The van der Waals surface area contributed by atoms with Crippen molar-refractivity contribution in [2.75, 3.05) is 13.1 Å². The molecular formula is C16H30N2O3. The van der Waals surface area contributed by atoms with Gasteiger partial charge in [0.2, 0.25) is 5.91 Å². The van der Waals surface area contributed by atoms with Crippen molar-refractivity contribution in [3.63, 3.8) is 0 Å². The van der Waals surface area contributed by atoms with E-state index in [-0.39, 0.29) is 17.9 Å². The van der Waals surface area contributed by atoms with Crippen LogP contribution in [0.15, 0.2) is 0 Å². The average molecular weight is 298 g/mol. The highest BCUT2D eigenvalue weighted by atomic mass is 16.7. The quantitative estimate of drug-likeness (QED) is 0.847. The largest absolute Gasteiger partial charge is 0.367 e. The third-order valence-corrected chi connectivity index (χ3v) is 3.86. The molecule has 0 aromatic heterocycles. The second kappa shape index (κ2) is 7.78. The maximum atomic E-state index is 11.8. The van der Waals surface area contributed by atoms with Crippen molar-refractivity contribution in [1.82, 2.24) is 10.4 Å². The van der Waals surface area contributed by atoms with E-state index in [9.17, 15) is 9.59 Å². The van der Waals surface area contributed by atoms with Gasteiger partial charge in [0.15, 0.2) is 0 Å². The highest BCUT2D eigenvalue weighted by Gasteiger charge is 2.28. The van der Waals surface area contributed by atoms with Gasteiger partial charge in [0.05, 0.1) is 5.41 Å². The fraction of sp³-hybridized carbons (Fsp3) is 0.875. The van der Waals surface area contributed by atoms with Crippen LogP contribution in [0.25, 0.3) is 0 Å². The van der Waals surface area contributed by atoms with Crippen molar-refractivity contribution < 1.29 is 14.4 Å². The topological polar surface area (TPSA) is 58.6 Å². The molecule has 5 nitrogen and oxygen atoms in total. The van der Waals surface area contributed by atoms with Crippen LogP contribution in [0.2, 0.25) is 0 Å². The van der Waals surface area contributed by atoms with Crippen LogP contribution in [-0.4, -0.2) is 36.1 Å². The summed E-state index contributed by atoms with van der Waals surface area (Å²) in [7, 11) is 0. The van der Waals surface area contributed by atoms with Crippen molar-refractivity contribution in [3.8, 4) is 0 Å². The minimum Gasteiger partial charge on any atom is -0.367 e. The van der Waals surface area contributed by atoms with Crippen LogP contribution in [0.3, 0.4) is 0 Å². The Labute approximate surface area is 128 Å². The van der Waals surface area contributed by atoms with Gasteiger partial charge in [-0.15, -0.1) is 5.06 Å². The number of hydrogen-bond acceptors (Lipinski definition) is 4. The first kappa shape index (κ1) is 18.0. The summed E-state index contributed by atoms with van der Waals surface area (Å²) in [4.78, 5) is 28.2. The monoisotopic (exact) mass is 298 g/mol. The zero-order valence-corrected chi connectivity index (χ0v) is 14.1. The fourth-order valence-corrected chi connectivity index (χ4v) is 2.45. The van der Waals surface area contributed by atoms with Crippen LogP contribution in [-0.2, 0) is 14.4 Å². The van der Waals surface area contributed by atoms with Gasteiger partial charge in [-0.2, -0.15) is 0 Å². The second-order valence-electron chi connectivity index (χ2n) is 7.18. The molecule has 0 bridgehead atoms. The van der Waals surface area contributed by atoms with Crippen molar-refractivity contribution in [1.29, 1.82) is 0 Å². The maximum Gasteiger partial charge on any atom is 0.330 e. The Balaban J connectivity index is 2.23. The summed E-state index contributed by atoms with van der Waals surface area (Å²) in [5.74, 6) is 0.525. The van der Waals surface area contributed by atoms with E-state index < -0.39 is 5.41 Å². The third kappa shape index (κ3) is 6.93. The van der Waals surface area contributed by atoms with Crippen LogP contribution in [0.5, 0.6) is 0 Å². The lowest BCUT2D eigenvalue weighted by atomic mass is 9.91. The van der Waals surface area contributed by atoms with Crippen molar-refractivity contribution >= 4 is 11.9 Å². The molecule has 1 amide bonds.